The zero-order valence-electron chi connectivity index (χ0n) is 15.1. The summed E-state index contributed by atoms with van der Waals surface area (Å²) in [6, 6.07) is 10.2. The molecule has 150 valence electrons. The molecule has 0 fully saturated rings. The number of hydrogen-bond acceptors (Lipinski definition) is 5. The molecule has 1 amide bonds. The van der Waals surface area contributed by atoms with Crippen molar-refractivity contribution in [3.8, 4) is 11.5 Å². The molecule has 0 saturated heterocycles. The maximum absolute atomic E-state index is 12.4. The van der Waals surface area contributed by atoms with Crippen LogP contribution in [0.15, 0.2) is 42.5 Å². The minimum absolute atomic E-state index is 0.0162. The second-order valence-corrected chi connectivity index (χ2v) is 5.90. The fourth-order valence-corrected chi connectivity index (χ4v) is 2.36. The first-order valence-corrected chi connectivity index (χ1v) is 8.67. The van der Waals surface area contributed by atoms with Crippen molar-refractivity contribution in [1.29, 1.82) is 0 Å². The number of nitrogens with one attached hydrogen (secondary N) is 1. The quantitative estimate of drug-likeness (QED) is 0.644. The average Bonchev–Trinajstić information content (AvgIpc) is 2.64. The van der Waals surface area contributed by atoms with Crippen LogP contribution in [0, 0.1) is 0 Å². The summed E-state index contributed by atoms with van der Waals surface area (Å²) in [5.74, 6) is -1.65. The van der Waals surface area contributed by atoms with Crippen molar-refractivity contribution in [3.63, 3.8) is 0 Å². The lowest BCUT2D eigenvalue weighted by Gasteiger charge is -2.15. The number of hydrogen-bond donors (Lipinski definition) is 1. The molecule has 2 rings (SSSR count). The van der Waals surface area contributed by atoms with Crippen LogP contribution in [0.3, 0.4) is 0 Å². The molecule has 0 spiro atoms. The van der Waals surface area contributed by atoms with Gasteiger partial charge in [0.15, 0.2) is 17.6 Å². The summed E-state index contributed by atoms with van der Waals surface area (Å²) in [4.78, 5) is 24.5. The molecule has 0 bridgehead atoms. The smallest absolute Gasteiger partial charge is 0.387 e. The summed E-state index contributed by atoms with van der Waals surface area (Å²) < 4.78 is 39.6. The van der Waals surface area contributed by atoms with Gasteiger partial charge in [0, 0.05) is 0 Å². The van der Waals surface area contributed by atoms with Gasteiger partial charge in [-0.05, 0) is 44.2 Å². The Bertz CT molecular complexity index is 847. The molecule has 1 N–H and O–H groups in total. The third-order valence-electron chi connectivity index (χ3n) is 3.48. The standard InChI is InChI=1S/C19H18ClF2NO5/c1-3-26-16-10-12(8-9-15(16)28-19(21)22)18(25)27-11(2)17(24)23-14-7-5-4-6-13(14)20/h4-11,19H,3H2,1-2H3,(H,23,24)/t11-/m0/s1. The number of benzene rings is 2. The molecular formula is C19H18ClF2NO5. The Morgan fingerprint density at radius 3 is 2.50 bits per heavy atom. The summed E-state index contributed by atoms with van der Waals surface area (Å²) in [6.07, 6.45) is -1.13. The van der Waals surface area contributed by atoms with Crippen LogP contribution in [0.5, 0.6) is 11.5 Å². The van der Waals surface area contributed by atoms with Crippen LogP contribution in [-0.2, 0) is 9.53 Å². The lowest BCUT2D eigenvalue weighted by molar-refractivity contribution is -0.123. The maximum Gasteiger partial charge on any atom is 0.387 e. The number of halogens is 3. The minimum atomic E-state index is -3.04. The maximum atomic E-state index is 12.4. The Labute approximate surface area is 165 Å². The molecule has 0 aliphatic carbocycles. The number of rotatable bonds is 8. The Morgan fingerprint density at radius 2 is 1.86 bits per heavy atom. The van der Waals surface area contributed by atoms with E-state index in [1.807, 2.05) is 0 Å². The van der Waals surface area contributed by atoms with Crippen molar-refractivity contribution >= 4 is 29.2 Å². The van der Waals surface area contributed by atoms with Crippen LogP contribution in [0.1, 0.15) is 24.2 Å². The van der Waals surface area contributed by atoms with Crippen LogP contribution in [0.25, 0.3) is 0 Å². The third-order valence-corrected chi connectivity index (χ3v) is 3.81. The van der Waals surface area contributed by atoms with E-state index in [2.05, 4.69) is 10.1 Å². The monoisotopic (exact) mass is 413 g/mol. The van der Waals surface area contributed by atoms with Crippen molar-refractivity contribution in [1.82, 2.24) is 0 Å². The topological polar surface area (TPSA) is 73.9 Å². The van der Waals surface area contributed by atoms with Gasteiger partial charge >= 0.3 is 12.6 Å². The number of alkyl halides is 2. The van der Waals surface area contributed by atoms with Crippen LogP contribution in [0.4, 0.5) is 14.5 Å². The first kappa shape index (κ1) is 21.4. The molecule has 0 heterocycles. The van der Waals surface area contributed by atoms with E-state index in [4.69, 9.17) is 21.1 Å². The Balaban J connectivity index is 2.07. The molecule has 6 nitrogen and oxygen atoms in total. The van der Waals surface area contributed by atoms with Crippen molar-refractivity contribution in [2.75, 3.05) is 11.9 Å². The van der Waals surface area contributed by atoms with Crippen LogP contribution in [0.2, 0.25) is 5.02 Å². The first-order chi connectivity index (χ1) is 13.3. The van der Waals surface area contributed by atoms with Crippen LogP contribution < -0.4 is 14.8 Å². The van der Waals surface area contributed by atoms with E-state index >= 15 is 0 Å². The summed E-state index contributed by atoms with van der Waals surface area (Å²) in [5.41, 5.74) is 0.395. The SMILES string of the molecule is CCOc1cc(C(=O)O[C@@H](C)C(=O)Nc2ccccc2Cl)ccc1OC(F)F. The zero-order valence-corrected chi connectivity index (χ0v) is 15.8. The van der Waals surface area contributed by atoms with Gasteiger partial charge in [-0.1, -0.05) is 23.7 Å². The van der Waals surface area contributed by atoms with Crippen LogP contribution in [-0.4, -0.2) is 31.2 Å². The average molecular weight is 414 g/mol. The lowest BCUT2D eigenvalue weighted by Crippen LogP contribution is -2.30. The second-order valence-electron chi connectivity index (χ2n) is 5.49. The number of para-hydroxylation sites is 1. The van der Waals surface area contributed by atoms with Crippen molar-refractivity contribution in [3.05, 3.63) is 53.1 Å². The molecule has 0 saturated carbocycles. The van der Waals surface area contributed by atoms with Gasteiger partial charge in [0.05, 0.1) is 22.9 Å². The number of anilines is 1. The van der Waals surface area contributed by atoms with Gasteiger partial charge < -0.3 is 19.5 Å². The zero-order chi connectivity index (χ0) is 20.7. The van der Waals surface area contributed by atoms with Gasteiger partial charge in [-0.2, -0.15) is 8.78 Å². The number of esters is 1. The molecule has 2 aromatic rings. The predicted octanol–water partition coefficient (Wildman–Crippen LogP) is 4.52. The third kappa shape index (κ3) is 5.82. The van der Waals surface area contributed by atoms with Crippen molar-refractivity contribution in [2.24, 2.45) is 0 Å². The number of amides is 1. The first-order valence-electron chi connectivity index (χ1n) is 8.29. The van der Waals surface area contributed by atoms with Gasteiger partial charge in [0.1, 0.15) is 0 Å². The molecule has 0 unspecified atom stereocenters. The van der Waals surface area contributed by atoms with Gasteiger partial charge in [-0.3, -0.25) is 4.79 Å². The van der Waals surface area contributed by atoms with Crippen molar-refractivity contribution in [2.45, 2.75) is 26.6 Å². The lowest BCUT2D eigenvalue weighted by atomic mass is 10.2. The van der Waals surface area contributed by atoms with E-state index in [1.54, 1.807) is 31.2 Å². The fraction of sp³-hybridized carbons (Fsp3) is 0.263. The van der Waals surface area contributed by atoms with E-state index < -0.39 is 24.6 Å². The van der Waals surface area contributed by atoms with Crippen molar-refractivity contribution < 1.29 is 32.6 Å². The van der Waals surface area contributed by atoms with Gasteiger partial charge in [0.25, 0.3) is 5.91 Å². The van der Waals surface area contributed by atoms with Gasteiger partial charge in [-0.15, -0.1) is 0 Å². The molecule has 1 atom stereocenters. The van der Waals surface area contributed by atoms with E-state index in [1.165, 1.54) is 25.1 Å². The summed E-state index contributed by atoms with van der Waals surface area (Å²) in [6.45, 7) is 0.181. The number of ether oxygens (including phenoxy) is 3. The van der Waals surface area contributed by atoms with E-state index in [0.29, 0.717) is 10.7 Å². The Morgan fingerprint density at radius 1 is 1.14 bits per heavy atom. The predicted molar refractivity (Wildman–Crippen MR) is 99.2 cm³/mol. The van der Waals surface area contributed by atoms with Gasteiger partial charge in [0.2, 0.25) is 0 Å². The molecule has 2 aromatic carbocycles. The molecular weight excluding hydrogens is 396 g/mol. The highest BCUT2D eigenvalue weighted by atomic mass is 35.5. The van der Waals surface area contributed by atoms with Crippen LogP contribution >= 0.6 is 11.6 Å². The second kappa shape index (κ2) is 9.89. The fourth-order valence-electron chi connectivity index (χ4n) is 2.18. The largest absolute Gasteiger partial charge is 0.490 e. The molecule has 0 aliphatic rings. The molecule has 0 aromatic heterocycles. The normalized spacial score (nSPS) is 11.6. The van der Waals surface area contributed by atoms with Gasteiger partial charge in [-0.25, -0.2) is 4.79 Å². The highest BCUT2D eigenvalue weighted by Crippen LogP contribution is 2.30. The van der Waals surface area contributed by atoms with E-state index in [-0.39, 0.29) is 23.7 Å². The summed E-state index contributed by atoms with van der Waals surface area (Å²) >= 11 is 5.97. The molecule has 28 heavy (non-hydrogen) atoms. The number of carbonyl (C=O) groups excluding carboxylic acids is 2. The minimum Gasteiger partial charge on any atom is -0.490 e. The highest BCUT2D eigenvalue weighted by Gasteiger charge is 2.21. The number of carbonyl (C=O) groups is 2. The molecule has 0 aliphatic heterocycles. The van der Waals surface area contributed by atoms with E-state index in [0.717, 1.165) is 0 Å². The van der Waals surface area contributed by atoms with E-state index in [9.17, 15) is 18.4 Å². The molecule has 0 radical (unpaired) electrons. The molecule has 9 heteroatoms. The Kier molecular flexibility index (Phi) is 7.57. The highest BCUT2D eigenvalue weighted by molar-refractivity contribution is 6.33. The Hall–Kier alpha value is -2.87. The summed E-state index contributed by atoms with van der Waals surface area (Å²) in [7, 11) is 0. The summed E-state index contributed by atoms with van der Waals surface area (Å²) in [5, 5.41) is 2.89.